The molecule has 15 heavy (non-hydrogen) atoms. The Hall–Kier alpha value is -0.640. The van der Waals surface area contributed by atoms with E-state index in [-0.39, 0.29) is 16.9 Å². The van der Waals surface area contributed by atoms with Crippen LogP contribution in [0.2, 0.25) is 5.02 Å². The van der Waals surface area contributed by atoms with Gasteiger partial charge in [-0.05, 0) is 24.1 Å². The highest BCUT2D eigenvalue weighted by atomic mass is 35.5. The molecule has 0 saturated carbocycles. The van der Waals surface area contributed by atoms with Crippen LogP contribution in [0.15, 0.2) is 12.1 Å². The van der Waals surface area contributed by atoms with E-state index in [1.807, 2.05) is 6.92 Å². The molecule has 2 nitrogen and oxygen atoms in total. The molecule has 0 radical (unpaired) electrons. The van der Waals surface area contributed by atoms with Gasteiger partial charge >= 0.3 is 0 Å². The summed E-state index contributed by atoms with van der Waals surface area (Å²) < 4.78 is 18.7. The highest BCUT2D eigenvalue weighted by molar-refractivity contribution is 6.31. The number of halogens is 2. The maximum absolute atomic E-state index is 13.1. The Morgan fingerprint density at radius 3 is 3.00 bits per heavy atom. The average Bonchev–Trinajstić information content (AvgIpc) is 2.27. The molecule has 1 atom stereocenters. The van der Waals surface area contributed by atoms with Crippen LogP contribution in [0.4, 0.5) is 4.39 Å². The summed E-state index contributed by atoms with van der Waals surface area (Å²) in [5, 5.41) is 3.43. The summed E-state index contributed by atoms with van der Waals surface area (Å²) in [5.74, 6) is -0.373. The quantitative estimate of drug-likeness (QED) is 0.799. The third-order valence-electron chi connectivity index (χ3n) is 2.66. The minimum Gasteiger partial charge on any atom is -0.371 e. The van der Waals surface area contributed by atoms with E-state index in [9.17, 15) is 4.39 Å². The largest absolute Gasteiger partial charge is 0.371 e. The van der Waals surface area contributed by atoms with E-state index in [0.717, 1.165) is 24.2 Å². The third-order valence-corrected chi connectivity index (χ3v) is 3.12. The van der Waals surface area contributed by atoms with Gasteiger partial charge in [0, 0.05) is 13.1 Å². The van der Waals surface area contributed by atoms with Crippen LogP contribution >= 0.6 is 11.6 Å². The maximum Gasteiger partial charge on any atom is 0.142 e. The zero-order chi connectivity index (χ0) is 10.8. The highest BCUT2D eigenvalue weighted by Gasteiger charge is 2.19. The molecule has 0 aliphatic carbocycles. The van der Waals surface area contributed by atoms with Gasteiger partial charge in [0.1, 0.15) is 5.82 Å². The normalized spacial score (nSPS) is 21.7. The van der Waals surface area contributed by atoms with Crippen LogP contribution in [0.5, 0.6) is 0 Å². The van der Waals surface area contributed by atoms with Crippen molar-refractivity contribution < 1.29 is 9.13 Å². The molecule has 2 rings (SSSR count). The van der Waals surface area contributed by atoms with Gasteiger partial charge in [0.15, 0.2) is 0 Å². The summed E-state index contributed by atoms with van der Waals surface area (Å²) in [6.07, 6.45) is -0.0168. The molecule has 1 aliphatic rings. The lowest BCUT2D eigenvalue weighted by Gasteiger charge is -2.25. The summed E-state index contributed by atoms with van der Waals surface area (Å²) >= 11 is 5.85. The summed E-state index contributed by atoms with van der Waals surface area (Å²) in [6, 6.07) is 3.14. The summed E-state index contributed by atoms with van der Waals surface area (Å²) in [5.41, 5.74) is 1.74. The SMILES string of the molecule is Cc1c(C2CNCCO2)ccc(F)c1Cl. The molecule has 0 spiro atoms. The number of ether oxygens (including phenoxy) is 1. The van der Waals surface area contributed by atoms with Crippen molar-refractivity contribution in [2.75, 3.05) is 19.7 Å². The first-order chi connectivity index (χ1) is 7.20. The molecule has 1 aromatic carbocycles. The van der Waals surface area contributed by atoms with E-state index in [1.165, 1.54) is 6.07 Å². The number of morpholine rings is 1. The van der Waals surface area contributed by atoms with Crippen molar-refractivity contribution in [3.8, 4) is 0 Å². The van der Waals surface area contributed by atoms with Crippen LogP contribution in [0.1, 0.15) is 17.2 Å². The molecule has 1 fully saturated rings. The van der Waals surface area contributed by atoms with E-state index >= 15 is 0 Å². The van der Waals surface area contributed by atoms with Gasteiger partial charge < -0.3 is 10.1 Å². The van der Waals surface area contributed by atoms with Crippen molar-refractivity contribution in [2.24, 2.45) is 0 Å². The van der Waals surface area contributed by atoms with E-state index < -0.39 is 0 Å². The monoisotopic (exact) mass is 229 g/mol. The summed E-state index contributed by atoms with van der Waals surface area (Å²) in [4.78, 5) is 0. The second-order valence-electron chi connectivity index (χ2n) is 3.64. The van der Waals surface area contributed by atoms with Crippen molar-refractivity contribution in [1.29, 1.82) is 0 Å². The molecule has 0 aromatic heterocycles. The van der Waals surface area contributed by atoms with Gasteiger partial charge in [0.05, 0.1) is 17.7 Å². The number of benzene rings is 1. The third kappa shape index (κ3) is 2.14. The van der Waals surface area contributed by atoms with Gasteiger partial charge in [0.2, 0.25) is 0 Å². The summed E-state index contributed by atoms with van der Waals surface area (Å²) in [6.45, 7) is 4.12. The molecule has 1 heterocycles. The molecule has 1 aliphatic heterocycles. The van der Waals surface area contributed by atoms with Crippen LogP contribution in [0.25, 0.3) is 0 Å². The first-order valence-corrected chi connectivity index (χ1v) is 5.35. The Balaban J connectivity index is 2.31. The standard InChI is InChI=1S/C11H13ClFNO/c1-7-8(2-3-9(13)11(7)12)10-6-14-4-5-15-10/h2-3,10,14H,4-6H2,1H3. The molecule has 1 N–H and O–H groups in total. The Morgan fingerprint density at radius 1 is 1.53 bits per heavy atom. The molecule has 0 amide bonds. The van der Waals surface area contributed by atoms with Crippen LogP contribution in [0, 0.1) is 12.7 Å². The van der Waals surface area contributed by atoms with E-state index in [4.69, 9.17) is 16.3 Å². The number of rotatable bonds is 1. The lowest BCUT2D eigenvalue weighted by Crippen LogP contribution is -2.33. The fraction of sp³-hybridized carbons (Fsp3) is 0.455. The minimum absolute atomic E-state index is 0.0168. The smallest absolute Gasteiger partial charge is 0.142 e. The second kappa shape index (κ2) is 4.47. The number of nitrogens with one attached hydrogen (secondary N) is 1. The van der Waals surface area contributed by atoms with Crippen LogP contribution in [-0.2, 0) is 4.74 Å². The van der Waals surface area contributed by atoms with Crippen LogP contribution < -0.4 is 5.32 Å². The van der Waals surface area contributed by atoms with Gasteiger partial charge in [-0.3, -0.25) is 0 Å². The minimum atomic E-state index is -0.373. The maximum atomic E-state index is 13.1. The molecular weight excluding hydrogens is 217 g/mol. The first-order valence-electron chi connectivity index (χ1n) is 4.97. The Labute approximate surface area is 93.4 Å². The van der Waals surface area contributed by atoms with Crippen molar-refractivity contribution in [1.82, 2.24) is 5.32 Å². The van der Waals surface area contributed by atoms with Crippen molar-refractivity contribution in [2.45, 2.75) is 13.0 Å². The molecular formula is C11H13ClFNO. The van der Waals surface area contributed by atoms with E-state index in [0.29, 0.717) is 6.61 Å². The lowest BCUT2D eigenvalue weighted by atomic mass is 10.0. The average molecular weight is 230 g/mol. The summed E-state index contributed by atoms with van der Waals surface area (Å²) in [7, 11) is 0. The fourth-order valence-corrected chi connectivity index (χ4v) is 1.95. The second-order valence-corrected chi connectivity index (χ2v) is 4.02. The van der Waals surface area contributed by atoms with Crippen molar-refractivity contribution in [3.05, 3.63) is 34.1 Å². The Bertz CT molecular complexity index is 364. The van der Waals surface area contributed by atoms with Gasteiger partial charge in [-0.1, -0.05) is 17.7 Å². The van der Waals surface area contributed by atoms with Gasteiger partial charge in [-0.15, -0.1) is 0 Å². The highest BCUT2D eigenvalue weighted by Crippen LogP contribution is 2.29. The van der Waals surface area contributed by atoms with E-state index in [1.54, 1.807) is 6.07 Å². The van der Waals surface area contributed by atoms with Gasteiger partial charge in [-0.25, -0.2) is 4.39 Å². The molecule has 1 aromatic rings. The van der Waals surface area contributed by atoms with E-state index in [2.05, 4.69) is 5.32 Å². The predicted octanol–water partition coefficient (Wildman–Crippen LogP) is 2.45. The molecule has 1 unspecified atom stereocenters. The van der Waals surface area contributed by atoms with Gasteiger partial charge in [0.25, 0.3) is 0 Å². The van der Waals surface area contributed by atoms with Gasteiger partial charge in [-0.2, -0.15) is 0 Å². The first kappa shape index (κ1) is 10.9. The zero-order valence-electron chi connectivity index (χ0n) is 8.52. The molecule has 82 valence electrons. The predicted molar refractivity (Wildman–Crippen MR) is 57.7 cm³/mol. The lowest BCUT2D eigenvalue weighted by molar-refractivity contribution is 0.0273. The van der Waals surface area contributed by atoms with Crippen molar-refractivity contribution in [3.63, 3.8) is 0 Å². The number of hydrogen-bond donors (Lipinski definition) is 1. The topological polar surface area (TPSA) is 21.3 Å². The zero-order valence-corrected chi connectivity index (χ0v) is 9.27. The van der Waals surface area contributed by atoms with Crippen molar-refractivity contribution >= 4 is 11.6 Å². The van der Waals surface area contributed by atoms with Crippen LogP contribution in [-0.4, -0.2) is 19.7 Å². The molecule has 0 bridgehead atoms. The Kier molecular flexibility index (Phi) is 3.24. The fourth-order valence-electron chi connectivity index (χ4n) is 1.78. The molecule has 1 saturated heterocycles. The molecule has 4 heteroatoms. The Morgan fingerprint density at radius 2 is 2.33 bits per heavy atom. The van der Waals surface area contributed by atoms with Crippen LogP contribution in [0.3, 0.4) is 0 Å². The number of hydrogen-bond acceptors (Lipinski definition) is 2.